The van der Waals surface area contributed by atoms with Gasteiger partial charge in [0, 0.05) is 0 Å². The highest BCUT2D eigenvalue weighted by Crippen LogP contribution is 2.42. The molecule has 0 aliphatic carbocycles. The molecule has 0 radical (unpaired) electrons. The van der Waals surface area contributed by atoms with Crippen LogP contribution in [0.15, 0.2) is 6.20 Å². The molecule has 1 rings (SSSR count). The van der Waals surface area contributed by atoms with Crippen LogP contribution in [-0.4, -0.2) is 39.3 Å². The first-order valence-corrected chi connectivity index (χ1v) is 9.70. The molecule has 1 unspecified atom stereocenters. The molecule has 0 spiro atoms. The van der Waals surface area contributed by atoms with Crippen LogP contribution in [0.5, 0.6) is 0 Å². The van der Waals surface area contributed by atoms with Gasteiger partial charge in [-0.3, -0.25) is 0 Å². The molecule has 1 heterocycles. The summed E-state index contributed by atoms with van der Waals surface area (Å²) in [6, 6.07) is 0. The molecule has 0 bridgehead atoms. The van der Waals surface area contributed by atoms with Crippen molar-refractivity contribution < 1.29 is 5.11 Å². The maximum atomic E-state index is 11.5. The Hall–Kier alpha value is -0.940. The Labute approximate surface area is 148 Å². The fourth-order valence-corrected chi connectivity index (χ4v) is 3.50. The molecule has 1 aromatic rings. The minimum absolute atomic E-state index is 0.0902. The summed E-state index contributed by atoms with van der Waals surface area (Å²) in [6.07, 6.45) is 10.1. The van der Waals surface area contributed by atoms with Gasteiger partial charge in [0.05, 0.1) is 24.0 Å². The first kappa shape index (κ1) is 21.1. The zero-order valence-electron chi connectivity index (χ0n) is 16.4. The molecule has 0 aliphatic heterocycles. The minimum atomic E-state index is -0.746. The Balaban J connectivity index is 2.85. The van der Waals surface area contributed by atoms with Crippen molar-refractivity contribution in [1.29, 1.82) is 0 Å². The van der Waals surface area contributed by atoms with E-state index in [4.69, 9.17) is 0 Å². The van der Waals surface area contributed by atoms with Crippen molar-refractivity contribution >= 4 is 0 Å². The summed E-state index contributed by atoms with van der Waals surface area (Å²) in [4.78, 5) is 0. The zero-order chi connectivity index (χ0) is 18.1. The van der Waals surface area contributed by atoms with Gasteiger partial charge in [-0.2, -0.15) is 0 Å². The third kappa shape index (κ3) is 5.28. The van der Waals surface area contributed by atoms with Crippen molar-refractivity contribution in [1.82, 2.24) is 20.3 Å². The number of rotatable bonds is 13. The lowest BCUT2D eigenvalue weighted by Crippen LogP contribution is -2.49. The highest BCUT2D eigenvalue weighted by Gasteiger charge is 2.44. The van der Waals surface area contributed by atoms with Crippen molar-refractivity contribution in [2.75, 3.05) is 13.6 Å². The average molecular weight is 339 g/mol. The van der Waals surface area contributed by atoms with Crippen LogP contribution >= 0.6 is 0 Å². The predicted molar refractivity (Wildman–Crippen MR) is 100 cm³/mol. The van der Waals surface area contributed by atoms with Gasteiger partial charge in [-0.1, -0.05) is 45.7 Å². The van der Waals surface area contributed by atoms with Crippen molar-refractivity contribution in [2.24, 2.45) is 5.41 Å². The second kappa shape index (κ2) is 10.1. The van der Waals surface area contributed by atoms with E-state index in [9.17, 15) is 5.11 Å². The van der Waals surface area contributed by atoms with Crippen LogP contribution in [0.1, 0.15) is 78.3 Å². The van der Waals surface area contributed by atoms with E-state index in [0.717, 1.165) is 63.6 Å². The minimum Gasteiger partial charge on any atom is -0.387 e. The second-order valence-corrected chi connectivity index (χ2v) is 7.35. The summed E-state index contributed by atoms with van der Waals surface area (Å²) in [5.74, 6) is 0. The molecule has 2 atom stereocenters. The van der Waals surface area contributed by atoms with Crippen LogP contribution in [0, 0.1) is 5.41 Å². The van der Waals surface area contributed by atoms with Crippen LogP contribution in [0.25, 0.3) is 0 Å². The van der Waals surface area contributed by atoms with E-state index in [-0.39, 0.29) is 5.41 Å². The van der Waals surface area contributed by atoms with E-state index in [1.165, 1.54) is 0 Å². The maximum absolute atomic E-state index is 11.5. The van der Waals surface area contributed by atoms with Gasteiger partial charge >= 0.3 is 0 Å². The topological polar surface area (TPSA) is 63.0 Å². The molecule has 0 aromatic carbocycles. The van der Waals surface area contributed by atoms with Gasteiger partial charge in [-0.15, -0.1) is 5.10 Å². The van der Waals surface area contributed by atoms with Crippen molar-refractivity contribution in [2.45, 2.75) is 91.2 Å². The van der Waals surface area contributed by atoms with Crippen molar-refractivity contribution in [3.8, 4) is 0 Å². The fraction of sp³-hybridized carbons (Fsp3) is 0.895. The molecule has 1 aromatic heterocycles. The molecule has 5 nitrogen and oxygen atoms in total. The third-order valence-corrected chi connectivity index (χ3v) is 5.79. The molecule has 2 N–H and O–H groups in total. The number of aliphatic hydroxyl groups is 1. The van der Waals surface area contributed by atoms with Gasteiger partial charge < -0.3 is 10.4 Å². The zero-order valence-corrected chi connectivity index (χ0v) is 16.4. The summed E-state index contributed by atoms with van der Waals surface area (Å²) in [5.41, 5.74) is 0.296. The van der Waals surface area contributed by atoms with E-state index in [0.29, 0.717) is 6.54 Å². The van der Waals surface area contributed by atoms with E-state index >= 15 is 0 Å². The molecule has 0 saturated carbocycles. The predicted octanol–water partition coefficient (Wildman–Crippen LogP) is 3.57. The van der Waals surface area contributed by atoms with Gasteiger partial charge in [0.2, 0.25) is 0 Å². The standard InChI is InChI=1S/C19H38N4O/c1-6-9-13-18(4,7-2)19(24,8-3)16-23-17(15-21-22-23)12-10-11-14-20-5/h15,20,24H,6-14,16H2,1-5H3/t18?,19-/m1/s1. The van der Waals surface area contributed by atoms with Gasteiger partial charge in [0.25, 0.3) is 0 Å². The number of hydrogen-bond donors (Lipinski definition) is 2. The number of unbranched alkanes of at least 4 members (excludes halogenated alkanes) is 2. The highest BCUT2D eigenvalue weighted by atomic mass is 16.3. The highest BCUT2D eigenvalue weighted by molar-refractivity contribution is 5.00. The van der Waals surface area contributed by atoms with E-state index in [1.807, 2.05) is 17.9 Å². The number of hydrogen-bond acceptors (Lipinski definition) is 4. The third-order valence-electron chi connectivity index (χ3n) is 5.79. The molecule has 0 amide bonds. The first-order valence-electron chi connectivity index (χ1n) is 9.70. The molecule has 0 fully saturated rings. The summed E-state index contributed by atoms with van der Waals surface area (Å²) < 4.78 is 1.93. The van der Waals surface area contributed by atoms with Crippen LogP contribution in [0.2, 0.25) is 0 Å². The lowest BCUT2D eigenvalue weighted by Gasteiger charge is -2.45. The van der Waals surface area contributed by atoms with Gasteiger partial charge in [0.1, 0.15) is 0 Å². The van der Waals surface area contributed by atoms with Gasteiger partial charge in [-0.05, 0) is 57.5 Å². The van der Waals surface area contributed by atoms with E-state index in [1.54, 1.807) is 0 Å². The molecule has 0 saturated heterocycles. The molecule has 24 heavy (non-hydrogen) atoms. The summed E-state index contributed by atoms with van der Waals surface area (Å²) in [5, 5.41) is 23.0. The number of aromatic nitrogens is 3. The smallest absolute Gasteiger partial charge is 0.0893 e. The number of nitrogens with one attached hydrogen (secondary N) is 1. The van der Waals surface area contributed by atoms with E-state index in [2.05, 4.69) is 43.3 Å². The number of aryl methyl sites for hydroxylation is 1. The van der Waals surface area contributed by atoms with Crippen LogP contribution in [0.3, 0.4) is 0 Å². The number of nitrogens with zero attached hydrogens (tertiary/aromatic N) is 3. The van der Waals surface area contributed by atoms with E-state index < -0.39 is 5.60 Å². The molecule has 0 aliphatic rings. The Morgan fingerprint density at radius 3 is 2.50 bits per heavy atom. The Morgan fingerprint density at radius 1 is 1.17 bits per heavy atom. The monoisotopic (exact) mass is 338 g/mol. The maximum Gasteiger partial charge on any atom is 0.0893 e. The van der Waals surface area contributed by atoms with Crippen LogP contribution < -0.4 is 5.32 Å². The van der Waals surface area contributed by atoms with Crippen molar-refractivity contribution in [3.63, 3.8) is 0 Å². The first-order chi connectivity index (χ1) is 11.5. The Kier molecular flexibility index (Phi) is 8.92. The Bertz CT molecular complexity index is 462. The molecular weight excluding hydrogens is 300 g/mol. The summed E-state index contributed by atoms with van der Waals surface area (Å²) in [7, 11) is 1.98. The normalized spacial score (nSPS) is 16.8. The Morgan fingerprint density at radius 2 is 1.92 bits per heavy atom. The van der Waals surface area contributed by atoms with Crippen molar-refractivity contribution in [3.05, 3.63) is 11.9 Å². The summed E-state index contributed by atoms with van der Waals surface area (Å²) >= 11 is 0. The molecule has 5 heteroatoms. The van der Waals surface area contributed by atoms with Gasteiger partial charge in [0.15, 0.2) is 0 Å². The quantitative estimate of drug-likeness (QED) is 0.540. The molecular formula is C19H38N4O. The average Bonchev–Trinajstić information content (AvgIpc) is 3.03. The largest absolute Gasteiger partial charge is 0.387 e. The SMILES string of the molecule is CCCCC(C)(CC)[C@@](O)(CC)Cn1nncc1CCCCNC. The van der Waals surface area contributed by atoms with Gasteiger partial charge in [-0.25, -0.2) is 4.68 Å². The summed E-state index contributed by atoms with van der Waals surface area (Å²) in [6.45, 7) is 10.3. The lowest BCUT2D eigenvalue weighted by molar-refractivity contribution is -0.101. The second-order valence-electron chi connectivity index (χ2n) is 7.35. The molecule has 140 valence electrons. The van der Waals surface area contributed by atoms with Crippen LogP contribution in [0.4, 0.5) is 0 Å². The van der Waals surface area contributed by atoms with Crippen LogP contribution in [-0.2, 0) is 13.0 Å². The lowest BCUT2D eigenvalue weighted by atomic mass is 9.67. The fourth-order valence-electron chi connectivity index (χ4n) is 3.50.